The van der Waals surface area contributed by atoms with Gasteiger partial charge in [0.05, 0.1) is 5.71 Å². The number of para-hydroxylation sites is 1. The Hall–Kier alpha value is -2.69. The maximum absolute atomic E-state index is 11.6. The van der Waals surface area contributed by atoms with Gasteiger partial charge in [0.1, 0.15) is 0 Å². The standard InChI is InChI=1S/C14H14N4O/c1-11(12-7-9-15-10-8-12)17-18-14(19)16-13-5-3-2-4-6-13/h2-10H,1H3,(H2,16,18,19)/b17-11-. The number of urea groups is 1. The molecule has 1 aromatic carbocycles. The number of carbonyl (C=O) groups is 1. The van der Waals surface area contributed by atoms with E-state index in [1.165, 1.54) is 0 Å². The van der Waals surface area contributed by atoms with Crippen LogP contribution >= 0.6 is 0 Å². The molecule has 0 atom stereocenters. The van der Waals surface area contributed by atoms with Gasteiger partial charge in [-0.05, 0) is 31.2 Å². The van der Waals surface area contributed by atoms with E-state index in [0.717, 1.165) is 11.3 Å². The van der Waals surface area contributed by atoms with Gasteiger partial charge in [0.25, 0.3) is 0 Å². The average molecular weight is 254 g/mol. The van der Waals surface area contributed by atoms with E-state index in [-0.39, 0.29) is 6.03 Å². The third kappa shape index (κ3) is 3.92. The van der Waals surface area contributed by atoms with Crippen molar-refractivity contribution >= 4 is 17.4 Å². The van der Waals surface area contributed by atoms with E-state index >= 15 is 0 Å². The highest BCUT2D eigenvalue weighted by Crippen LogP contribution is 2.04. The molecule has 1 aromatic heterocycles. The van der Waals surface area contributed by atoms with Gasteiger partial charge in [-0.15, -0.1) is 0 Å². The van der Waals surface area contributed by atoms with Crippen molar-refractivity contribution in [2.75, 3.05) is 5.32 Å². The number of pyridine rings is 1. The van der Waals surface area contributed by atoms with E-state index in [1.807, 2.05) is 37.3 Å². The fraction of sp³-hybridized carbons (Fsp3) is 0.0714. The van der Waals surface area contributed by atoms with Crippen molar-refractivity contribution in [1.29, 1.82) is 0 Å². The van der Waals surface area contributed by atoms with Gasteiger partial charge in [-0.25, -0.2) is 10.2 Å². The zero-order chi connectivity index (χ0) is 13.5. The van der Waals surface area contributed by atoms with Crippen LogP contribution in [0.25, 0.3) is 0 Å². The van der Waals surface area contributed by atoms with Crippen LogP contribution in [0.4, 0.5) is 10.5 Å². The number of amides is 2. The number of nitrogens with one attached hydrogen (secondary N) is 2. The molecular weight excluding hydrogens is 240 g/mol. The van der Waals surface area contributed by atoms with Crippen molar-refractivity contribution < 1.29 is 4.79 Å². The van der Waals surface area contributed by atoms with E-state index in [2.05, 4.69) is 20.8 Å². The number of benzene rings is 1. The highest BCUT2D eigenvalue weighted by molar-refractivity contribution is 5.99. The molecule has 0 saturated carbocycles. The maximum atomic E-state index is 11.6. The molecule has 0 aliphatic heterocycles. The first-order chi connectivity index (χ1) is 9.25. The Morgan fingerprint density at radius 3 is 2.47 bits per heavy atom. The first-order valence-corrected chi connectivity index (χ1v) is 5.82. The fourth-order valence-electron chi connectivity index (χ4n) is 1.47. The summed E-state index contributed by atoms with van der Waals surface area (Å²) >= 11 is 0. The molecule has 0 radical (unpaired) electrons. The number of hydrogen-bond donors (Lipinski definition) is 2. The van der Waals surface area contributed by atoms with E-state index < -0.39 is 0 Å². The predicted molar refractivity (Wildman–Crippen MR) is 75.0 cm³/mol. The SMILES string of the molecule is C/C(=N/NC(=O)Nc1ccccc1)c1ccncc1. The normalized spacial score (nSPS) is 10.9. The monoisotopic (exact) mass is 254 g/mol. The van der Waals surface area contributed by atoms with Crippen LogP contribution in [-0.4, -0.2) is 16.7 Å². The van der Waals surface area contributed by atoms with E-state index in [1.54, 1.807) is 24.5 Å². The molecule has 5 nitrogen and oxygen atoms in total. The quantitative estimate of drug-likeness (QED) is 0.653. The lowest BCUT2D eigenvalue weighted by Gasteiger charge is -2.05. The molecule has 96 valence electrons. The lowest BCUT2D eigenvalue weighted by Crippen LogP contribution is -2.25. The summed E-state index contributed by atoms with van der Waals surface area (Å²) in [4.78, 5) is 15.5. The summed E-state index contributed by atoms with van der Waals surface area (Å²) in [5.74, 6) is 0. The van der Waals surface area contributed by atoms with E-state index in [0.29, 0.717) is 5.71 Å². The number of hydrogen-bond acceptors (Lipinski definition) is 3. The first-order valence-electron chi connectivity index (χ1n) is 5.82. The topological polar surface area (TPSA) is 66.4 Å². The van der Waals surface area contributed by atoms with Crippen molar-refractivity contribution in [3.05, 3.63) is 60.4 Å². The van der Waals surface area contributed by atoms with E-state index in [9.17, 15) is 4.79 Å². The summed E-state index contributed by atoms with van der Waals surface area (Å²) in [6.45, 7) is 1.82. The van der Waals surface area contributed by atoms with Gasteiger partial charge in [0.2, 0.25) is 0 Å². The second-order valence-corrected chi connectivity index (χ2v) is 3.87. The van der Waals surface area contributed by atoms with Crippen LogP contribution in [0.15, 0.2) is 60.0 Å². The molecule has 0 fully saturated rings. The van der Waals surface area contributed by atoms with Crippen LogP contribution < -0.4 is 10.7 Å². The van der Waals surface area contributed by atoms with Gasteiger partial charge in [-0.2, -0.15) is 5.10 Å². The molecule has 0 bridgehead atoms. The number of nitrogens with zero attached hydrogens (tertiary/aromatic N) is 2. The van der Waals surface area contributed by atoms with Gasteiger partial charge >= 0.3 is 6.03 Å². The number of rotatable bonds is 3. The summed E-state index contributed by atoms with van der Waals surface area (Å²) in [7, 11) is 0. The summed E-state index contributed by atoms with van der Waals surface area (Å²) in [6.07, 6.45) is 3.36. The number of aromatic nitrogens is 1. The Morgan fingerprint density at radius 1 is 1.11 bits per heavy atom. The highest BCUT2D eigenvalue weighted by atomic mass is 16.2. The van der Waals surface area contributed by atoms with Gasteiger partial charge in [-0.1, -0.05) is 18.2 Å². The minimum absolute atomic E-state index is 0.375. The molecule has 5 heteroatoms. The number of carbonyl (C=O) groups excluding carboxylic acids is 1. The van der Waals surface area contributed by atoms with Crippen LogP contribution in [0.1, 0.15) is 12.5 Å². The summed E-state index contributed by atoms with van der Waals surface area (Å²) < 4.78 is 0. The molecule has 0 saturated heterocycles. The van der Waals surface area contributed by atoms with E-state index in [4.69, 9.17) is 0 Å². The Morgan fingerprint density at radius 2 is 1.79 bits per heavy atom. The minimum atomic E-state index is -0.375. The Balaban J connectivity index is 1.93. The molecule has 0 unspecified atom stereocenters. The van der Waals surface area contributed by atoms with Gasteiger partial charge in [-0.3, -0.25) is 4.98 Å². The third-order valence-corrected chi connectivity index (χ3v) is 2.45. The molecular formula is C14H14N4O. The second kappa shape index (κ2) is 6.30. The van der Waals surface area contributed by atoms with Crippen LogP contribution in [0.3, 0.4) is 0 Å². The maximum Gasteiger partial charge on any atom is 0.339 e. The summed E-state index contributed by atoms with van der Waals surface area (Å²) in [6, 6.07) is 12.5. The first kappa shape index (κ1) is 12.8. The molecule has 19 heavy (non-hydrogen) atoms. The van der Waals surface area contributed by atoms with Gasteiger partial charge in [0.15, 0.2) is 0 Å². The third-order valence-electron chi connectivity index (χ3n) is 2.45. The zero-order valence-corrected chi connectivity index (χ0v) is 10.5. The lowest BCUT2D eigenvalue weighted by atomic mass is 10.2. The molecule has 0 aliphatic rings. The lowest BCUT2D eigenvalue weighted by molar-refractivity contribution is 0.252. The number of anilines is 1. The molecule has 0 spiro atoms. The molecule has 2 N–H and O–H groups in total. The molecule has 1 heterocycles. The Bertz CT molecular complexity index is 567. The zero-order valence-electron chi connectivity index (χ0n) is 10.5. The Kier molecular flexibility index (Phi) is 4.23. The van der Waals surface area contributed by atoms with Crippen molar-refractivity contribution in [2.24, 2.45) is 5.10 Å². The summed E-state index contributed by atoms with van der Waals surface area (Å²) in [5.41, 5.74) is 4.79. The van der Waals surface area contributed by atoms with Crippen molar-refractivity contribution in [1.82, 2.24) is 10.4 Å². The Labute approximate surface area is 111 Å². The van der Waals surface area contributed by atoms with Crippen molar-refractivity contribution in [2.45, 2.75) is 6.92 Å². The molecule has 2 rings (SSSR count). The van der Waals surface area contributed by atoms with Crippen LogP contribution in [0.5, 0.6) is 0 Å². The summed E-state index contributed by atoms with van der Waals surface area (Å²) in [5, 5.41) is 6.70. The average Bonchev–Trinajstić information content (AvgIpc) is 2.47. The van der Waals surface area contributed by atoms with Crippen LogP contribution in [-0.2, 0) is 0 Å². The number of hydrazone groups is 1. The van der Waals surface area contributed by atoms with Crippen molar-refractivity contribution in [3.8, 4) is 0 Å². The van der Waals surface area contributed by atoms with Crippen molar-refractivity contribution in [3.63, 3.8) is 0 Å². The molecule has 2 amide bonds. The fourth-order valence-corrected chi connectivity index (χ4v) is 1.47. The van der Waals surface area contributed by atoms with Gasteiger partial charge < -0.3 is 5.32 Å². The van der Waals surface area contributed by atoms with Gasteiger partial charge in [0, 0.05) is 23.6 Å². The van der Waals surface area contributed by atoms with Crippen LogP contribution in [0, 0.1) is 0 Å². The second-order valence-electron chi connectivity index (χ2n) is 3.87. The predicted octanol–water partition coefficient (Wildman–Crippen LogP) is 2.63. The highest BCUT2D eigenvalue weighted by Gasteiger charge is 2.00. The van der Waals surface area contributed by atoms with Crippen LogP contribution in [0.2, 0.25) is 0 Å². The molecule has 0 aliphatic carbocycles. The molecule has 2 aromatic rings. The smallest absolute Gasteiger partial charge is 0.307 e. The largest absolute Gasteiger partial charge is 0.339 e. The minimum Gasteiger partial charge on any atom is -0.307 e.